The van der Waals surface area contributed by atoms with E-state index in [1.807, 2.05) is 0 Å². The maximum atomic E-state index is 12.5. The molecule has 0 bridgehead atoms. The van der Waals surface area contributed by atoms with Gasteiger partial charge in [-0.2, -0.15) is 13.2 Å². The lowest BCUT2D eigenvalue weighted by molar-refractivity contribution is -0.154. The SMILES string of the molecule is CCC(=O)Nc1ccc(C(C)NC(=O)c2cccnc2OCC(F)(F)F)cc1. The summed E-state index contributed by atoms with van der Waals surface area (Å²) in [5, 5.41) is 5.41. The number of aromatic nitrogens is 1. The third kappa shape index (κ3) is 6.26. The number of nitrogens with one attached hydrogen (secondary N) is 2. The Bertz CT molecular complexity index is 823. The minimum atomic E-state index is -4.53. The largest absolute Gasteiger partial charge is 0.467 e. The lowest BCUT2D eigenvalue weighted by Crippen LogP contribution is -2.28. The normalized spacial score (nSPS) is 12.2. The summed E-state index contributed by atoms with van der Waals surface area (Å²) < 4.78 is 41.7. The van der Waals surface area contributed by atoms with Gasteiger partial charge in [0, 0.05) is 18.3 Å². The van der Waals surface area contributed by atoms with Gasteiger partial charge in [-0.3, -0.25) is 9.59 Å². The molecule has 0 aliphatic rings. The summed E-state index contributed by atoms with van der Waals surface area (Å²) in [6.45, 7) is 1.93. The Morgan fingerprint density at radius 3 is 2.46 bits per heavy atom. The highest BCUT2D eigenvalue weighted by molar-refractivity contribution is 5.96. The number of benzene rings is 1. The molecule has 0 fully saturated rings. The number of carbonyl (C=O) groups is 2. The van der Waals surface area contributed by atoms with E-state index in [0.717, 1.165) is 5.56 Å². The number of ether oxygens (including phenoxy) is 1. The molecule has 0 aliphatic heterocycles. The number of nitrogens with zero attached hydrogens (tertiary/aromatic N) is 1. The van der Waals surface area contributed by atoms with Crippen molar-refractivity contribution in [3.05, 3.63) is 53.7 Å². The molecule has 9 heteroatoms. The highest BCUT2D eigenvalue weighted by atomic mass is 19.4. The standard InChI is InChI=1S/C19H20F3N3O3/c1-3-16(26)25-14-8-6-13(7-9-14)12(2)24-17(27)15-5-4-10-23-18(15)28-11-19(20,21)22/h4-10,12H,3,11H2,1-2H3,(H,24,27)(H,25,26). The van der Waals surface area contributed by atoms with E-state index in [2.05, 4.69) is 20.4 Å². The summed E-state index contributed by atoms with van der Waals surface area (Å²) in [5.74, 6) is -1.11. The third-order valence-electron chi connectivity index (χ3n) is 3.75. The Morgan fingerprint density at radius 1 is 1.18 bits per heavy atom. The van der Waals surface area contributed by atoms with Gasteiger partial charge in [-0.25, -0.2) is 4.98 Å². The van der Waals surface area contributed by atoms with Crippen LogP contribution in [0.4, 0.5) is 18.9 Å². The van der Waals surface area contributed by atoms with Gasteiger partial charge in [-0.15, -0.1) is 0 Å². The lowest BCUT2D eigenvalue weighted by atomic mass is 10.1. The molecular formula is C19H20F3N3O3. The fourth-order valence-corrected chi connectivity index (χ4v) is 2.29. The first kappa shape index (κ1) is 21.2. The average Bonchev–Trinajstić information content (AvgIpc) is 2.66. The zero-order chi connectivity index (χ0) is 20.7. The van der Waals surface area contributed by atoms with Crippen molar-refractivity contribution in [1.29, 1.82) is 0 Å². The maximum Gasteiger partial charge on any atom is 0.422 e. The van der Waals surface area contributed by atoms with Crippen molar-refractivity contribution in [2.45, 2.75) is 32.5 Å². The molecule has 28 heavy (non-hydrogen) atoms. The van der Waals surface area contributed by atoms with Crippen LogP contribution in [0.2, 0.25) is 0 Å². The Balaban J connectivity index is 2.05. The van der Waals surface area contributed by atoms with E-state index in [1.54, 1.807) is 38.1 Å². The molecule has 6 nitrogen and oxygen atoms in total. The second-order valence-corrected chi connectivity index (χ2v) is 5.98. The van der Waals surface area contributed by atoms with Crippen LogP contribution >= 0.6 is 0 Å². The van der Waals surface area contributed by atoms with Gasteiger partial charge in [0.1, 0.15) is 5.56 Å². The number of anilines is 1. The van der Waals surface area contributed by atoms with Crippen LogP contribution in [0.3, 0.4) is 0 Å². The zero-order valence-corrected chi connectivity index (χ0v) is 15.3. The van der Waals surface area contributed by atoms with Crippen LogP contribution in [0.1, 0.15) is 42.2 Å². The van der Waals surface area contributed by atoms with E-state index in [1.165, 1.54) is 18.3 Å². The molecule has 0 saturated carbocycles. The fourth-order valence-electron chi connectivity index (χ4n) is 2.29. The second-order valence-electron chi connectivity index (χ2n) is 5.98. The molecule has 0 saturated heterocycles. The first-order valence-electron chi connectivity index (χ1n) is 8.55. The van der Waals surface area contributed by atoms with Crippen LogP contribution in [-0.2, 0) is 4.79 Å². The number of halogens is 3. The minimum Gasteiger partial charge on any atom is -0.467 e. The first-order chi connectivity index (χ1) is 13.2. The maximum absolute atomic E-state index is 12.5. The van der Waals surface area contributed by atoms with E-state index in [0.29, 0.717) is 12.1 Å². The van der Waals surface area contributed by atoms with Crippen LogP contribution < -0.4 is 15.4 Å². The van der Waals surface area contributed by atoms with Gasteiger partial charge in [0.2, 0.25) is 11.8 Å². The highest BCUT2D eigenvalue weighted by Crippen LogP contribution is 2.21. The van der Waals surface area contributed by atoms with Crippen LogP contribution in [0.15, 0.2) is 42.6 Å². The van der Waals surface area contributed by atoms with Gasteiger partial charge >= 0.3 is 6.18 Å². The van der Waals surface area contributed by atoms with Crippen molar-refractivity contribution in [2.75, 3.05) is 11.9 Å². The zero-order valence-electron chi connectivity index (χ0n) is 15.3. The van der Waals surface area contributed by atoms with Gasteiger partial charge in [-0.1, -0.05) is 19.1 Å². The van der Waals surface area contributed by atoms with Crippen molar-refractivity contribution >= 4 is 17.5 Å². The van der Waals surface area contributed by atoms with Crippen molar-refractivity contribution in [2.24, 2.45) is 0 Å². The number of hydrogen-bond donors (Lipinski definition) is 2. The summed E-state index contributed by atoms with van der Waals surface area (Å²) in [4.78, 5) is 27.6. The van der Waals surface area contributed by atoms with Crippen molar-refractivity contribution in [3.8, 4) is 5.88 Å². The molecule has 0 radical (unpaired) electrons. The molecule has 1 atom stereocenters. The number of rotatable bonds is 7. The molecule has 0 spiro atoms. The molecule has 2 amide bonds. The smallest absolute Gasteiger partial charge is 0.422 e. The van der Waals surface area contributed by atoms with Crippen molar-refractivity contribution in [3.63, 3.8) is 0 Å². The molecule has 2 rings (SSSR count). The number of carbonyl (C=O) groups excluding carboxylic acids is 2. The molecule has 0 aliphatic carbocycles. The van der Waals surface area contributed by atoms with Crippen LogP contribution in [0.5, 0.6) is 5.88 Å². The average molecular weight is 395 g/mol. The van der Waals surface area contributed by atoms with Crippen LogP contribution in [0, 0.1) is 0 Å². The minimum absolute atomic E-state index is 0.0922. The molecule has 1 heterocycles. The summed E-state index contributed by atoms with van der Waals surface area (Å²) in [6.07, 6.45) is -2.93. The predicted octanol–water partition coefficient (Wildman–Crippen LogP) is 3.86. The summed E-state index contributed by atoms with van der Waals surface area (Å²) in [7, 11) is 0. The molecular weight excluding hydrogens is 375 g/mol. The van der Waals surface area contributed by atoms with Gasteiger partial charge in [0.25, 0.3) is 5.91 Å². The molecule has 150 valence electrons. The van der Waals surface area contributed by atoms with Crippen LogP contribution in [-0.4, -0.2) is 29.6 Å². The number of pyridine rings is 1. The number of amides is 2. The van der Waals surface area contributed by atoms with E-state index in [-0.39, 0.29) is 17.4 Å². The Hall–Kier alpha value is -3.10. The van der Waals surface area contributed by atoms with E-state index in [4.69, 9.17) is 0 Å². The molecule has 1 unspecified atom stereocenters. The van der Waals surface area contributed by atoms with Gasteiger partial charge in [-0.05, 0) is 36.8 Å². The fraction of sp³-hybridized carbons (Fsp3) is 0.316. The van der Waals surface area contributed by atoms with Gasteiger partial charge < -0.3 is 15.4 Å². The molecule has 1 aromatic heterocycles. The molecule has 2 N–H and O–H groups in total. The van der Waals surface area contributed by atoms with E-state index < -0.39 is 24.7 Å². The third-order valence-corrected chi connectivity index (χ3v) is 3.75. The highest BCUT2D eigenvalue weighted by Gasteiger charge is 2.29. The number of alkyl halides is 3. The van der Waals surface area contributed by atoms with Crippen LogP contribution in [0.25, 0.3) is 0 Å². The Labute approximate surface area is 160 Å². The summed E-state index contributed by atoms with van der Waals surface area (Å²) in [5.41, 5.74) is 1.29. The number of hydrogen-bond acceptors (Lipinski definition) is 4. The lowest BCUT2D eigenvalue weighted by Gasteiger charge is -2.16. The summed E-state index contributed by atoms with van der Waals surface area (Å²) in [6, 6.07) is 9.22. The monoisotopic (exact) mass is 395 g/mol. The summed E-state index contributed by atoms with van der Waals surface area (Å²) >= 11 is 0. The quantitative estimate of drug-likeness (QED) is 0.746. The van der Waals surface area contributed by atoms with Gasteiger partial charge in [0.15, 0.2) is 6.61 Å². The Kier molecular flexibility index (Phi) is 6.97. The first-order valence-corrected chi connectivity index (χ1v) is 8.55. The van der Waals surface area contributed by atoms with Gasteiger partial charge in [0.05, 0.1) is 6.04 Å². The Morgan fingerprint density at radius 2 is 1.86 bits per heavy atom. The van der Waals surface area contributed by atoms with Crippen molar-refractivity contribution < 1.29 is 27.5 Å². The second kappa shape index (κ2) is 9.20. The molecule has 1 aromatic carbocycles. The van der Waals surface area contributed by atoms with Crippen molar-refractivity contribution in [1.82, 2.24) is 10.3 Å². The molecule has 2 aromatic rings. The predicted molar refractivity (Wildman–Crippen MR) is 97.0 cm³/mol. The van der Waals surface area contributed by atoms with E-state index >= 15 is 0 Å². The topological polar surface area (TPSA) is 80.3 Å². The van der Waals surface area contributed by atoms with E-state index in [9.17, 15) is 22.8 Å².